The van der Waals surface area contributed by atoms with Crippen LogP contribution >= 0.6 is 0 Å². The zero-order valence-corrected chi connectivity index (χ0v) is 8.39. The summed E-state index contributed by atoms with van der Waals surface area (Å²) in [5.74, 6) is 2.46. The van der Waals surface area contributed by atoms with Gasteiger partial charge in [-0.25, -0.2) is 4.79 Å². The van der Waals surface area contributed by atoms with Crippen molar-refractivity contribution in [2.24, 2.45) is 0 Å². The van der Waals surface area contributed by atoms with Gasteiger partial charge >= 0.3 is 6.03 Å². The van der Waals surface area contributed by atoms with Gasteiger partial charge in [0, 0.05) is 19.0 Å². The van der Waals surface area contributed by atoms with E-state index in [2.05, 4.69) is 30.4 Å². The molecule has 13 heavy (non-hydrogen) atoms. The molecule has 0 radical (unpaired) electrons. The van der Waals surface area contributed by atoms with Crippen molar-refractivity contribution in [2.75, 3.05) is 6.54 Å². The number of rotatable bonds is 5. The van der Waals surface area contributed by atoms with Crippen LogP contribution in [0.3, 0.4) is 0 Å². The van der Waals surface area contributed by atoms with E-state index in [9.17, 15) is 4.79 Å². The van der Waals surface area contributed by atoms with Gasteiger partial charge in [-0.15, -0.1) is 12.3 Å². The minimum absolute atomic E-state index is 0.121. The third-order valence-electron chi connectivity index (χ3n) is 1.88. The first-order valence-corrected chi connectivity index (χ1v) is 4.72. The van der Waals surface area contributed by atoms with Crippen molar-refractivity contribution in [3.05, 3.63) is 0 Å². The summed E-state index contributed by atoms with van der Waals surface area (Å²) >= 11 is 0. The van der Waals surface area contributed by atoms with Crippen LogP contribution < -0.4 is 10.6 Å². The first-order valence-electron chi connectivity index (χ1n) is 4.72. The molecule has 0 aliphatic carbocycles. The van der Waals surface area contributed by atoms with E-state index >= 15 is 0 Å². The summed E-state index contributed by atoms with van der Waals surface area (Å²) in [6, 6.07) is 0.148. The predicted molar refractivity (Wildman–Crippen MR) is 54.4 cm³/mol. The summed E-state index contributed by atoms with van der Waals surface area (Å²) in [5, 5.41) is 5.55. The number of amides is 2. The smallest absolute Gasteiger partial charge is 0.315 e. The van der Waals surface area contributed by atoms with Gasteiger partial charge in [-0.05, 0) is 12.8 Å². The quantitative estimate of drug-likeness (QED) is 0.491. The van der Waals surface area contributed by atoms with Crippen LogP contribution in [0.5, 0.6) is 0 Å². The number of hydrogen-bond donors (Lipinski definition) is 2. The van der Waals surface area contributed by atoms with Gasteiger partial charge in [-0.3, -0.25) is 0 Å². The molecule has 0 aromatic carbocycles. The van der Waals surface area contributed by atoms with E-state index in [0.717, 1.165) is 12.8 Å². The number of nitrogens with one attached hydrogen (secondary N) is 2. The lowest BCUT2D eigenvalue weighted by Gasteiger charge is -2.14. The summed E-state index contributed by atoms with van der Waals surface area (Å²) in [6.07, 6.45) is 7.54. The molecule has 2 amide bonds. The molecule has 2 N–H and O–H groups in total. The molecular formula is C10H18N2O. The van der Waals surface area contributed by atoms with Crippen LogP contribution in [0.15, 0.2) is 0 Å². The monoisotopic (exact) mass is 182 g/mol. The maximum Gasteiger partial charge on any atom is 0.315 e. The molecule has 0 atom stereocenters. The molecule has 74 valence electrons. The van der Waals surface area contributed by atoms with Gasteiger partial charge in [-0.2, -0.15) is 0 Å². The topological polar surface area (TPSA) is 41.1 Å². The summed E-state index contributed by atoms with van der Waals surface area (Å²) in [7, 11) is 0. The lowest BCUT2D eigenvalue weighted by molar-refractivity contribution is 0.236. The van der Waals surface area contributed by atoms with Crippen LogP contribution in [0, 0.1) is 12.3 Å². The van der Waals surface area contributed by atoms with Crippen molar-refractivity contribution in [3.8, 4) is 12.3 Å². The third kappa shape index (κ3) is 6.03. The van der Waals surface area contributed by atoms with Gasteiger partial charge in [0.15, 0.2) is 0 Å². The molecule has 0 spiro atoms. The number of hydrogen-bond acceptors (Lipinski definition) is 1. The highest BCUT2D eigenvalue weighted by Crippen LogP contribution is 1.94. The average molecular weight is 182 g/mol. The average Bonchev–Trinajstić information content (AvgIpc) is 2.14. The highest BCUT2D eigenvalue weighted by atomic mass is 16.2. The van der Waals surface area contributed by atoms with E-state index in [1.165, 1.54) is 0 Å². The third-order valence-corrected chi connectivity index (χ3v) is 1.88. The van der Waals surface area contributed by atoms with Gasteiger partial charge in [-0.1, -0.05) is 13.8 Å². The van der Waals surface area contributed by atoms with Crippen molar-refractivity contribution < 1.29 is 4.79 Å². The molecule has 0 saturated heterocycles. The van der Waals surface area contributed by atoms with Crippen LogP contribution in [0.4, 0.5) is 4.79 Å². The normalized spacial score (nSPS) is 9.38. The highest BCUT2D eigenvalue weighted by Gasteiger charge is 2.06. The van der Waals surface area contributed by atoms with Crippen LogP contribution in [-0.4, -0.2) is 18.6 Å². The zero-order valence-electron chi connectivity index (χ0n) is 8.39. The summed E-state index contributed by atoms with van der Waals surface area (Å²) in [5.41, 5.74) is 0. The van der Waals surface area contributed by atoms with Gasteiger partial charge in [0.25, 0.3) is 0 Å². The van der Waals surface area contributed by atoms with Gasteiger partial charge < -0.3 is 10.6 Å². The molecule has 0 unspecified atom stereocenters. The summed E-state index contributed by atoms with van der Waals surface area (Å²) in [6.45, 7) is 4.65. The first kappa shape index (κ1) is 11.8. The molecule has 3 heteroatoms. The Kier molecular flexibility index (Phi) is 6.80. The molecule has 0 aromatic rings. The van der Waals surface area contributed by atoms with Crippen LogP contribution in [-0.2, 0) is 0 Å². The Balaban J connectivity index is 3.55. The Morgan fingerprint density at radius 1 is 1.46 bits per heavy atom. The lowest BCUT2D eigenvalue weighted by Crippen LogP contribution is -2.41. The molecule has 0 aromatic heterocycles. The maximum atomic E-state index is 11.2. The minimum atomic E-state index is -0.121. The fourth-order valence-corrected chi connectivity index (χ4v) is 0.977. The second-order valence-electron chi connectivity index (χ2n) is 2.87. The van der Waals surface area contributed by atoms with Crippen molar-refractivity contribution >= 4 is 6.03 Å². The van der Waals surface area contributed by atoms with Crippen molar-refractivity contribution in [2.45, 2.75) is 39.2 Å². The molecule has 0 fully saturated rings. The molecule has 0 aliphatic heterocycles. The van der Waals surface area contributed by atoms with E-state index in [-0.39, 0.29) is 12.1 Å². The second kappa shape index (κ2) is 7.48. The Labute approximate surface area is 80.3 Å². The molecule has 0 heterocycles. The molecule has 0 aliphatic rings. The van der Waals surface area contributed by atoms with E-state index in [0.29, 0.717) is 13.0 Å². The van der Waals surface area contributed by atoms with Gasteiger partial charge in [0.05, 0.1) is 0 Å². The molecule has 3 nitrogen and oxygen atoms in total. The van der Waals surface area contributed by atoms with Crippen molar-refractivity contribution in [1.29, 1.82) is 0 Å². The van der Waals surface area contributed by atoms with Crippen LogP contribution in [0.1, 0.15) is 33.1 Å². The van der Waals surface area contributed by atoms with Crippen LogP contribution in [0.2, 0.25) is 0 Å². The minimum Gasteiger partial charge on any atom is -0.337 e. The highest BCUT2D eigenvalue weighted by molar-refractivity contribution is 5.74. The molecule has 0 saturated carbocycles. The van der Waals surface area contributed by atoms with Crippen molar-refractivity contribution in [1.82, 2.24) is 10.6 Å². The Bertz CT molecular complexity index is 180. The molecular weight excluding hydrogens is 164 g/mol. The van der Waals surface area contributed by atoms with E-state index in [1.54, 1.807) is 0 Å². The number of carbonyl (C=O) groups excluding carboxylic acids is 1. The van der Waals surface area contributed by atoms with E-state index in [4.69, 9.17) is 6.42 Å². The fourth-order valence-electron chi connectivity index (χ4n) is 0.977. The summed E-state index contributed by atoms with van der Waals surface area (Å²) < 4.78 is 0. The standard InChI is InChI=1S/C10H18N2O/c1-4-7-8-11-10(13)12-9(5-2)6-3/h1,9H,5-8H2,2-3H3,(H2,11,12,13). The number of carbonyl (C=O) groups is 1. The van der Waals surface area contributed by atoms with Crippen molar-refractivity contribution in [3.63, 3.8) is 0 Å². The largest absolute Gasteiger partial charge is 0.337 e. The van der Waals surface area contributed by atoms with Crippen LogP contribution in [0.25, 0.3) is 0 Å². The Morgan fingerprint density at radius 3 is 2.54 bits per heavy atom. The number of urea groups is 1. The lowest BCUT2D eigenvalue weighted by atomic mass is 10.2. The van der Waals surface area contributed by atoms with E-state index < -0.39 is 0 Å². The SMILES string of the molecule is C#CCCNC(=O)NC(CC)CC. The molecule has 0 bridgehead atoms. The van der Waals surface area contributed by atoms with Gasteiger partial charge in [0.2, 0.25) is 0 Å². The Hall–Kier alpha value is -1.17. The summed E-state index contributed by atoms with van der Waals surface area (Å²) in [4.78, 5) is 11.2. The second-order valence-corrected chi connectivity index (χ2v) is 2.87. The zero-order chi connectivity index (χ0) is 10.1. The van der Waals surface area contributed by atoms with Gasteiger partial charge in [0.1, 0.15) is 0 Å². The Morgan fingerprint density at radius 2 is 2.08 bits per heavy atom. The predicted octanol–water partition coefficient (Wildman–Crippen LogP) is 1.50. The number of terminal acetylenes is 1. The van der Waals surface area contributed by atoms with E-state index in [1.807, 2.05) is 0 Å². The maximum absolute atomic E-state index is 11.2. The first-order chi connectivity index (χ1) is 6.24. The molecule has 0 rings (SSSR count). The fraction of sp³-hybridized carbons (Fsp3) is 0.700.